The molecule has 84 valence electrons. The molecule has 0 amide bonds. The smallest absolute Gasteiger partial charge is 0.211 e. The second-order valence-corrected chi connectivity index (χ2v) is 5.12. The largest absolute Gasteiger partial charge is 0.317 e. The third-order valence-electron chi connectivity index (χ3n) is 2.32. The number of benzene rings is 1. The fourth-order valence-electron chi connectivity index (χ4n) is 1.49. The standard InChI is InChI=1S/C11H13N3S2/c1-3-14(10-12-13-11(15)16-10)9-6-4-8(2)5-7-9/h4-7H,3H2,1-2H3,(H,13,15). The van der Waals surface area contributed by atoms with Gasteiger partial charge in [0.2, 0.25) is 5.13 Å². The van der Waals surface area contributed by atoms with Crippen LogP contribution in [-0.2, 0) is 0 Å². The van der Waals surface area contributed by atoms with Gasteiger partial charge in [0, 0.05) is 12.2 Å². The molecule has 0 aliphatic rings. The Kier molecular flexibility index (Phi) is 3.36. The number of nitrogens with zero attached hydrogens (tertiary/aromatic N) is 2. The molecule has 0 saturated heterocycles. The maximum absolute atomic E-state index is 5.04. The SMILES string of the molecule is CCN(c1ccc(C)cc1)c1n[nH]c(=S)s1. The molecule has 5 heteroatoms. The molecule has 0 spiro atoms. The van der Waals surface area contributed by atoms with E-state index in [-0.39, 0.29) is 0 Å². The first-order valence-corrected chi connectivity index (χ1v) is 6.33. The van der Waals surface area contributed by atoms with Crippen LogP contribution in [0.5, 0.6) is 0 Å². The molecule has 2 aromatic rings. The first-order chi connectivity index (χ1) is 7.70. The van der Waals surface area contributed by atoms with Crippen LogP contribution in [0.4, 0.5) is 10.8 Å². The number of aryl methyl sites for hydroxylation is 1. The van der Waals surface area contributed by atoms with Gasteiger partial charge < -0.3 is 4.90 Å². The number of aromatic amines is 1. The molecule has 0 aliphatic heterocycles. The van der Waals surface area contributed by atoms with Crippen molar-refractivity contribution in [1.29, 1.82) is 0 Å². The molecule has 0 atom stereocenters. The van der Waals surface area contributed by atoms with E-state index in [4.69, 9.17) is 12.2 Å². The lowest BCUT2D eigenvalue weighted by Crippen LogP contribution is -2.15. The summed E-state index contributed by atoms with van der Waals surface area (Å²) in [7, 11) is 0. The van der Waals surface area contributed by atoms with Gasteiger partial charge in [-0.1, -0.05) is 29.0 Å². The minimum atomic E-state index is 0.709. The Hall–Kier alpha value is -1.20. The van der Waals surface area contributed by atoms with Gasteiger partial charge in [0.05, 0.1) is 0 Å². The van der Waals surface area contributed by atoms with Crippen molar-refractivity contribution in [2.45, 2.75) is 13.8 Å². The molecule has 2 rings (SSSR count). The van der Waals surface area contributed by atoms with Crippen LogP contribution in [0.25, 0.3) is 0 Å². The molecule has 1 N–H and O–H groups in total. The molecule has 0 bridgehead atoms. The Morgan fingerprint density at radius 3 is 2.56 bits per heavy atom. The zero-order valence-electron chi connectivity index (χ0n) is 9.23. The lowest BCUT2D eigenvalue weighted by atomic mass is 10.2. The van der Waals surface area contributed by atoms with E-state index in [0.717, 1.165) is 17.4 Å². The molecule has 1 heterocycles. The van der Waals surface area contributed by atoms with Gasteiger partial charge >= 0.3 is 0 Å². The van der Waals surface area contributed by atoms with Crippen molar-refractivity contribution in [2.24, 2.45) is 0 Å². The molecule has 0 saturated carbocycles. The van der Waals surface area contributed by atoms with E-state index in [1.165, 1.54) is 16.9 Å². The summed E-state index contributed by atoms with van der Waals surface area (Å²) in [6.45, 7) is 5.06. The monoisotopic (exact) mass is 251 g/mol. The van der Waals surface area contributed by atoms with Gasteiger partial charge in [0.15, 0.2) is 3.95 Å². The summed E-state index contributed by atoms with van der Waals surface area (Å²) in [5, 5.41) is 7.92. The highest BCUT2D eigenvalue weighted by Crippen LogP contribution is 2.26. The van der Waals surface area contributed by atoms with E-state index in [9.17, 15) is 0 Å². The second-order valence-electron chi connectivity index (χ2n) is 3.48. The lowest BCUT2D eigenvalue weighted by Gasteiger charge is -2.19. The minimum absolute atomic E-state index is 0.709. The van der Waals surface area contributed by atoms with Crippen LogP contribution in [0.1, 0.15) is 12.5 Å². The van der Waals surface area contributed by atoms with E-state index in [1.54, 1.807) is 0 Å². The van der Waals surface area contributed by atoms with E-state index >= 15 is 0 Å². The lowest BCUT2D eigenvalue weighted by molar-refractivity contribution is 0.968. The van der Waals surface area contributed by atoms with Gasteiger partial charge in [-0.3, -0.25) is 5.10 Å². The van der Waals surface area contributed by atoms with E-state index in [1.807, 2.05) is 0 Å². The minimum Gasteiger partial charge on any atom is -0.317 e. The van der Waals surface area contributed by atoms with Crippen molar-refractivity contribution in [3.8, 4) is 0 Å². The zero-order chi connectivity index (χ0) is 11.5. The highest BCUT2D eigenvalue weighted by Gasteiger charge is 2.09. The van der Waals surface area contributed by atoms with Gasteiger partial charge in [-0.25, -0.2) is 0 Å². The van der Waals surface area contributed by atoms with E-state index < -0.39 is 0 Å². The molecular formula is C11H13N3S2. The Labute approximate surface area is 104 Å². The van der Waals surface area contributed by atoms with Gasteiger partial charge in [-0.05, 0) is 38.2 Å². The Balaban J connectivity index is 2.36. The topological polar surface area (TPSA) is 31.9 Å². The molecule has 3 nitrogen and oxygen atoms in total. The van der Waals surface area contributed by atoms with Crippen LogP contribution < -0.4 is 4.90 Å². The van der Waals surface area contributed by atoms with Crippen LogP contribution in [0.2, 0.25) is 0 Å². The van der Waals surface area contributed by atoms with Crippen molar-refractivity contribution in [3.05, 3.63) is 33.8 Å². The number of nitrogens with one attached hydrogen (secondary N) is 1. The quantitative estimate of drug-likeness (QED) is 0.845. The molecular weight excluding hydrogens is 238 g/mol. The molecule has 0 unspecified atom stereocenters. The van der Waals surface area contributed by atoms with Crippen LogP contribution in [0.15, 0.2) is 24.3 Å². The average Bonchev–Trinajstić information content (AvgIpc) is 2.69. The fourth-order valence-corrected chi connectivity index (χ4v) is 2.45. The maximum atomic E-state index is 5.04. The molecule has 1 aromatic carbocycles. The molecule has 0 radical (unpaired) electrons. The summed E-state index contributed by atoms with van der Waals surface area (Å²) in [6, 6.07) is 8.40. The van der Waals surface area contributed by atoms with Crippen LogP contribution in [-0.4, -0.2) is 16.7 Å². The highest BCUT2D eigenvalue weighted by molar-refractivity contribution is 7.73. The Morgan fingerprint density at radius 2 is 2.06 bits per heavy atom. The van der Waals surface area contributed by atoms with Crippen LogP contribution in [0, 0.1) is 10.9 Å². The zero-order valence-corrected chi connectivity index (χ0v) is 10.9. The number of H-pyrrole nitrogens is 1. The third kappa shape index (κ3) is 2.31. The van der Waals surface area contributed by atoms with Gasteiger partial charge in [-0.15, -0.1) is 5.10 Å². The van der Waals surface area contributed by atoms with Crippen molar-refractivity contribution >= 4 is 34.4 Å². The number of anilines is 2. The van der Waals surface area contributed by atoms with E-state index in [2.05, 4.69) is 53.2 Å². The summed E-state index contributed by atoms with van der Waals surface area (Å²) in [6.07, 6.45) is 0. The van der Waals surface area contributed by atoms with Crippen molar-refractivity contribution in [1.82, 2.24) is 10.2 Å². The molecule has 1 aromatic heterocycles. The predicted molar refractivity (Wildman–Crippen MR) is 71.2 cm³/mol. The number of hydrogen-bond donors (Lipinski definition) is 1. The normalized spacial score (nSPS) is 10.4. The number of hydrogen-bond acceptors (Lipinski definition) is 4. The van der Waals surface area contributed by atoms with Gasteiger partial charge in [-0.2, -0.15) is 0 Å². The third-order valence-corrected chi connectivity index (χ3v) is 3.43. The Morgan fingerprint density at radius 1 is 1.38 bits per heavy atom. The molecule has 16 heavy (non-hydrogen) atoms. The van der Waals surface area contributed by atoms with Crippen LogP contribution in [0.3, 0.4) is 0 Å². The fraction of sp³-hybridized carbons (Fsp3) is 0.273. The first kappa shape index (κ1) is 11.3. The summed E-state index contributed by atoms with van der Waals surface area (Å²) in [4.78, 5) is 2.14. The summed E-state index contributed by atoms with van der Waals surface area (Å²) in [5.74, 6) is 0. The Bertz CT molecular complexity index is 513. The van der Waals surface area contributed by atoms with E-state index in [0.29, 0.717) is 3.95 Å². The average molecular weight is 251 g/mol. The van der Waals surface area contributed by atoms with Crippen molar-refractivity contribution in [2.75, 3.05) is 11.4 Å². The highest BCUT2D eigenvalue weighted by atomic mass is 32.1. The van der Waals surface area contributed by atoms with Gasteiger partial charge in [0.1, 0.15) is 0 Å². The predicted octanol–water partition coefficient (Wildman–Crippen LogP) is 3.67. The molecule has 0 aliphatic carbocycles. The van der Waals surface area contributed by atoms with Crippen molar-refractivity contribution in [3.63, 3.8) is 0 Å². The van der Waals surface area contributed by atoms with Crippen LogP contribution >= 0.6 is 23.6 Å². The van der Waals surface area contributed by atoms with Gasteiger partial charge in [0.25, 0.3) is 0 Å². The number of rotatable bonds is 3. The maximum Gasteiger partial charge on any atom is 0.211 e. The summed E-state index contributed by atoms with van der Waals surface area (Å²) >= 11 is 6.54. The van der Waals surface area contributed by atoms with Crippen molar-refractivity contribution < 1.29 is 0 Å². The summed E-state index contributed by atoms with van der Waals surface area (Å²) in [5.41, 5.74) is 2.40. The second kappa shape index (κ2) is 4.76. The first-order valence-electron chi connectivity index (χ1n) is 5.10. The molecule has 0 fully saturated rings. The number of aromatic nitrogens is 2. The summed E-state index contributed by atoms with van der Waals surface area (Å²) < 4.78 is 0.709.